The number of hydrogen-bond donors (Lipinski definition) is 0. The standard InChI is InChI=1S/C21H24N6O4/c1-11-5-6-22-17-15(11)19(28)27(10-23-17)9-14-24-18(25-31-14)16-12-7-26(8-13(12)16)20(29)30-21(2,3)4/h5-6,10,12-13,16H,7-9H2,1-4H3/t12-,13+,16+. The van der Waals surface area contributed by atoms with E-state index in [0.717, 1.165) is 5.56 Å². The second-order valence-electron chi connectivity index (χ2n) is 9.29. The molecule has 1 amide bonds. The summed E-state index contributed by atoms with van der Waals surface area (Å²) in [6.45, 7) is 8.85. The fraction of sp³-hybridized carbons (Fsp3) is 0.524. The zero-order valence-electron chi connectivity index (χ0n) is 17.9. The highest BCUT2D eigenvalue weighted by molar-refractivity contribution is 5.76. The molecule has 31 heavy (non-hydrogen) atoms. The van der Waals surface area contributed by atoms with Crippen LogP contribution in [0.25, 0.3) is 11.0 Å². The third-order valence-corrected chi connectivity index (χ3v) is 5.87. The van der Waals surface area contributed by atoms with Crippen molar-refractivity contribution in [3.05, 3.63) is 46.2 Å². The van der Waals surface area contributed by atoms with Crippen molar-refractivity contribution in [2.24, 2.45) is 11.8 Å². The van der Waals surface area contributed by atoms with Gasteiger partial charge in [0.2, 0.25) is 5.89 Å². The first-order chi connectivity index (χ1) is 14.7. The van der Waals surface area contributed by atoms with E-state index in [4.69, 9.17) is 9.26 Å². The number of carbonyl (C=O) groups is 1. The van der Waals surface area contributed by atoms with Crippen LogP contribution in [0.2, 0.25) is 0 Å². The molecule has 0 unspecified atom stereocenters. The lowest BCUT2D eigenvalue weighted by molar-refractivity contribution is 0.0270. The maximum Gasteiger partial charge on any atom is 0.410 e. The number of ether oxygens (including phenoxy) is 1. The van der Waals surface area contributed by atoms with Gasteiger partial charge >= 0.3 is 6.09 Å². The predicted octanol–water partition coefficient (Wildman–Crippen LogP) is 2.11. The van der Waals surface area contributed by atoms with Gasteiger partial charge in [-0.1, -0.05) is 5.16 Å². The summed E-state index contributed by atoms with van der Waals surface area (Å²) in [4.78, 5) is 39.7. The SMILES string of the molecule is Cc1ccnc2ncn(Cc3nc([C@H]4[C@@H]5CN(C(=O)OC(C)(C)C)C[C@@H]54)no3)c(=O)c12. The summed E-state index contributed by atoms with van der Waals surface area (Å²) >= 11 is 0. The molecule has 0 bridgehead atoms. The number of carbonyl (C=O) groups excluding carboxylic acids is 1. The van der Waals surface area contributed by atoms with E-state index in [1.54, 1.807) is 17.2 Å². The van der Waals surface area contributed by atoms with Gasteiger partial charge in [0.15, 0.2) is 11.5 Å². The molecule has 4 heterocycles. The Labute approximate surface area is 178 Å². The zero-order chi connectivity index (χ0) is 21.9. The van der Waals surface area contributed by atoms with Crippen molar-refractivity contribution in [1.82, 2.24) is 29.6 Å². The lowest BCUT2D eigenvalue weighted by Gasteiger charge is -2.25. The van der Waals surface area contributed by atoms with Crippen LogP contribution in [0.1, 0.15) is 44.0 Å². The molecule has 1 saturated heterocycles. The first-order valence-corrected chi connectivity index (χ1v) is 10.3. The van der Waals surface area contributed by atoms with Crippen molar-refractivity contribution >= 4 is 17.1 Å². The third-order valence-electron chi connectivity index (χ3n) is 5.87. The number of likely N-dealkylation sites (tertiary alicyclic amines) is 1. The number of rotatable bonds is 3. The highest BCUT2D eigenvalue weighted by Crippen LogP contribution is 2.57. The average Bonchev–Trinajstić information content (AvgIpc) is 3.05. The number of aryl methyl sites for hydroxylation is 1. The van der Waals surface area contributed by atoms with Gasteiger partial charge < -0.3 is 14.2 Å². The summed E-state index contributed by atoms with van der Waals surface area (Å²) in [7, 11) is 0. The molecule has 162 valence electrons. The summed E-state index contributed by atoms with van der Waals surface area (Å²) in [5.74, 6) is 1.80. The fourth-order valence-corrected chi connectivity index (χ4v) is 4.34. The molecule has 1 aliphatic heterocycles. The molecule has 1 aliphatic carbocycles. The smallest absolute Gasteiger partial charge is 0.410 e. The topological polar surface area (TPSA) is 116 Å². The number of aromatic nitrogens is 5. The largest absolute Gasteiger partial charge is 0.444 e. The molecule has 2 aliphatic rings. The highest BCUT2D eigenvalue weighted by atomic mass is 16.6. The Morgan fingerprint density at radius 2 is 2.00 bits per heavy atom. The molecule has 5 rings (SSSR count). The van der Waals surface area contributed by atoms with E-state index >= 15 is 0 Å². The van der Waals surface area contributed by atoms with Gasteiger partial charge in [0.1, 0.15) is 18.5 Å². The van der Waals surface area contributed by atoms with E-state index in [-0.39, 0.29) is 24.1 Å². The van der Waals surface area contributed by atoms with Gasteiger partial charge in [-0.2, -0.15) is 4.98 Å². The third kappa shape index (κ3) is 3.55. The number of piperidine rings is 1. The van der Waals surface area contributed by atoms with Gasteiger partial charge in [0, 0.05) is 25.2 Å². The number of hydrogen-bond acceptors (Lipinski definition) is 8. The van der Waals surface area contributed by atoms with Gasteiger partial charge in [0.05, 0.1) is 5.39 Å². The van der Waals surface area contributed by atoms with Crippen molar-refractivity contribution in [3.63, 3.8) is 0 Å². The molecular formula is C21H24N6O4. The molecular weight excluding hydrogens is 400 g/mol. The Morgan fingerprint density at radius 1 is 1.26 bits per heavy atom. The summed E-state index contributed by atoms with van der Waals surface area (Å²) in [6.07, 6.45) is 2.81. The van der Waals surface area contributed by atoms with Crippen LogP contribution in [-0.4, -0.2) is 54.4 Å². The minimum Gasteiger partial charge on any atom is -0.444 e. The molecule has 0 N–H and O–H groups in total. The van der Waals surface area contributed by atoms with Crippen LogP contribution in [0.3, 0.4) is 0 Å². The number of nitrogens with zero attached hydrogens (tertiary/aromatic N) is 6. The van der Waals surface area contributed by atoms with Gasteiger partial charge in [-0.3, -0.25) is 9.36 Å². The van der Waals surface area contributed by atoms with Crippen LogP contribution in [0, 0.1) is 18.8 Å². The molecule has 0 aromatic carbocycles. The van der Waals surface area contributed by atoms with Crippen molar-refractivity contribution in [1.29, 1.82) is 0 Å². The molecule has 10 heteroatoms. The fourth-order valence-electron chi connectivity index (χ4n) is 4.34. The van der Waals surface area contributed by atoms with Gasteiger partial charge in [-0.15, -0.1) is 0 Å². The van der Waals surface area contributed by atoms with Gasteiger partial charge in [-0.05, 0) is 51.2 Å². The molecule has 3 aromatic rings. The summed E-state index contributed by atoms with van der Waals surface area (Å²) < 4.78 is 12.3. The van der Waals surface area contributed by atoms with E-state index in [1.165, 1.54) is 10.9 Å². The molecule has 10 nitrogen and oxygen atoms in total. The maximum atomic E-state index is 12.8. The van der Waals surface area contributed by atoms with E-state index in [1.807, 2.05) is 27.7 Å². The van der Waals surface area contributed by atoms with Crippen molar-refractivity contribution in [2.45, 2.75) is 45.8 Å². The van der Waals surface area contributed by atoms with Crippen LogP contribution < -0.4 is 5.56 Å². The van der Waals surface area contributed by atoms with Crippen molar-refractivity contribution < 1.29 is 14.1 Å². The lowest BCUT2D eigenvalue weighted by Crippen LogP contribution is -2.36. The second-order valence-corrected chi connectivity index (χ2v) is 9.29. The summed E-state index contributed by atoms with van der Waals surface area (Å²) in [5.41, 5.74) is 0.554. The first-order valence-electron chi connectivity index (χ1n) is 10.3. The Balaban J connectivity index is 1.26. The lowest BCUT2D eigenvalue weighted by atomic mass is 10.2. The van der Waals surface area contributed by atoms with E-state index in [0.29, 0.717) is 47.7 Å². The maximum absolute atomic E-state index is 12.8. The highest BCUT2D eigenvalue weighted by Gasteiger charge is 2.59. The van der Waals surface area contributed by atoms with Gasteiger partial charge in [-0.25, -0.2) is 14.8 Å². The average molecular weight is 424 g/mol. The second kappa shape index (κ2) is 6.86. The molecule has 1 saturated carbocycles. The van der Waals surface area contributed by atoms with Crippen LogP contribution in [0.5, 0.6) is 0 Å². The van der Waals surface area contributed by atoms with Crippen molar-refractivity contribution in [3.8, 4) is 0 Å². The normalized spacial score (nSPS) is 22.6. The molecule has 0 spiro atoms. The van der Waals surface area contributed by atoms with E-state index in [2.05, 4.69) is 20.1 Å². The minimum absolute atomic E-state index is 0.148. The molecule has 2 fully saturated rings. The number of amides is 1. The molecule has 0 radical (unpaired) electrons. The Kier molecular flexibility index (Phi) is 4.35. The summed E-state index contributed by atoms with van der Waals surface area (Å²) in [6, 6.07) is 1.78. The zero-order valence-corrected chi connectivity index (χ0v) is 17.9. The van der Waals surface area contributed by atoms with Crippen LogP contribution in [0.15, 0.2) is 27.9 Å². The minimum atomic E-state index is -0.504. The van der Waals surface area contributed by atoms with E-state index < -0.39 is 5.60 Å². The predicted molar refractivity (Wildman–Crippen MR) is 109 cm³/mol. The van der Waals surface area contributed by atoms with Crippen molar-refractivity contribution in [2.75, 3.05) is 13.1 Å². The number of fused-ring (bicyclic) bond motifs is 2. The van der Waals surface area contributed by atoms with Crippen LogP contribution >= 0.6 is 0 Å². The van der Waals surface area contributed by atoms with Crippen LogP contribution in [-0.2, 0) is 11.3 Å². The van der Waals surface area contributed by atoms with E-state index in [9.17, 15) is 9.59 Å². The molecule has 3 aromatic heterocycles. The molecule has 3 atom stereocenters. The van der Waals surface area contributed by atoms with Gasteiger partial charge in [0.25, 0.3) is 5.56 Å². The van der Waals surface area contributed by atoms with Crippen LogP contribution in [0.4, 0.5) is 4.79 Å². The number of pyridine rings is 1. The first kappa shape index (κ1) is 19.7. The quantitative estimate of drug-likeness (QED) is 0.628. The Bertz CT molecular complexity index is 1210. The monoisotopic (exact) mass is 424 g/mol. The summed E-state index contributed by atoms with van der Waals surface area (Å²) in [5, 5.41) is 4.62. The Morgan fingerprint density at radius 3 is 2.71 bits per heavy atom. The Hall–Kier alpha value is -3.30.